The van der Waals surface area contributed by atoms with E-state index in [4.69, 9.17) is 9.47 Å². The number of pyridine rings is 1. The van der Waals surface area contributed by atoms with Crippen molar-refractivity contribution < 1.29 is 23.5 Å². The third kappa shape index (κ3) is 5.05. The van der Waals surface area contributed by atoms with E-state index in [-0.39, 0.29) is 31.3 Å². The van der Waals surface area contributed by atoms with Gasteiger partial charge in [-0.05, 0) is 51.2 Å². The Morgan fingerprint density at radius 3 is 2.74 bits per heavy atom. The molecule has 1 aromatic heterocycles. The van der Waals surface area contributed by atoms with E-state index in [9.17, 15) is 14.0 Å². The lowest BCUT2D eigenvalue weighted by Crippen LogP contribution is -2.25. The van der Waals surface area contributed by atoms with Gasteiger partial charge in [-0.2, -0.15) is 0 Å². The summed E-state index contributed by atoms with van der Waals surface area (Å²) in [5, 5.41) is 0. The van der Waals surface area contributed by atoms with Crippen LogP contribution < -0.4 is 4.74 Å². The van der Waals surface area contributed by atoms with Gasteiger partial charge in [-0.15, -0.1) is 0 Å². The molecule has 0 atom stereocenters. The van der Waals surface area contributed by atoms with Crippen LogP contribution in [0.2, 0.25) is 0 Å². The molecule has 0 bridgehead atoms. The van der Waals surface area contributed by atoms with Crippen molar-refractivity contribution in [2.24, 2.45) is 0 Å². The molecule has 7 heteroatoms. The van der Waals surface area contributed by atoms with Gasteiger partial charge in [0.05, 0.1) is 11.9 Å². The molecule has 27 heavy (non-hydrogen) atoms. The lowest BCUT2D eigenvalue weighted by molar-refractivity contribution is -0.154. The molecule has 1 aliphatic heterocycles. The number of halogens is 1. The van der Waals surface area contributed by atoms with Crippen molar-refractivity contribution in [3.05, 3.63) is 35.3 Å². The molecule has 2 heterocycles. The smallest absolute Gasteiger partial charge is 0.306 e. The third-order valence-corrected chi connectivity index (χ3v) is 4.41. The van der Waals surface area contributed by atoms with E-state index >= 15 is 0 Å². The number of amides is 1. The molecule has 6 nitrogen and oxygen atoms in total. The molecule has 3 rings (SSSR count). The molecule has 146 valence electrons. The molecular weight excluding hydrogens is 351 g/mol. The minimum Gasteiger partial charge on any atom is -0.473 e. The van der Waals surface area contributed by atoms with Gasteiger partial charge in [0.2, 0.25) is 5.88 Å². The quantitative estimate of drug-likeness (QED) is 0.681. The summed E-state index contributed by atoms with van der Waals surface area (Å²) in [6.07, 6.45) is 4.38. The van der Waals surface area contributed by atoms with Crippen LogP contribution in [0.1, 0.15) is 62.4 Å². The van der Waals surface area contributed by atoms with Crippen molar-refractivity contribution in [1.29, 1.82) is 0 Å². The van der Waals surface area contributed by atoms with Crippen LogP contribution in [0.4, 0.5) is 4.39 Å². The lowest BCUT2D eigenvalue weighted by Gasteiger charge is -2.19. The van der Waals surface area contributed by atoms with Crippen molar-refractivity contribution in [2.75, 3.05) is 6.61 Å². The van der Waals surface area contributed by atoms with Crippen LogP contribution in [0.5, 0.6) is 5.88 Å². The van der Waals surface area contributed by atoms with Crippen molar-refractivity contribution in [3.63, 3.8) is 0 Å². The van der Waals surface area contributed by atoms with Crippen molar-refractivity contribution in [1.82, 2.24) is 9.88 Å². The molecule has 1 aromatic rings. The average molecular weight is 376 g/mol. The van der Waals surface area contributed by atoms with Crippen LogP contribution >= 0.6 is 0 Å². The summed E-state index contributed by atoms with van der Waals surface area (Å²) in [7, 11) is 0. The van der Waals surface area contributed by atoms with Crippen LogP contribution in [-0.2, 0) is 16.1 Å². The fourth-order valence-electron chi connectivity index (χ4n) is 2.95. The van der Waals surface area contributed by atoms with E-state index in [0.717, 1.165) is 18.4 Å². The van der Waals surface area contributed by atoms with Gasteiger partial charge in [0.25, 0.3) is 5.91 Å². The van der Waals surface area contributed by atoms with Crippen molar-refractivity contribution >= 4 is 11.9 Å². The minimum atomic E-state index is -0.562. The van der Waals surface area contributed by atoms with Crippen LogP contribution in [-0.4, -0.2) is 40.0 Å². The van der Waals surface area contributed by atoms with Gasteiger partial charge in [-0.1, -0.05) is 0 Å². The first-order valence-corrected chi connectivity index (χ1v) is 9.19. The molecule has 0 radical (unpaired) electrons. The molecule has 0 spiro atoms. The summed E-state index contributed by atoms with van der Waals surface area (Å²) in [4.78, 5) is 30.1. The monoisotopic (exact) mass is 376 g/mol. The third-order valence-electron chi connectivity index (χ3n) is 4.41. The zero-order valence-electron chi connectivity index (χ0n) is 16.0. The highest BCUT2D eigenvalue weighted by Crippen LogP contribution is 2.35. The Hall–Kier alpha value is -2.44. The number of nitrogens with zero attached hydrogens (tertiary/aromatic N) is 2. The molecule has 1 saturated carbocycles. The Balaban J connectivity index is 1.51. The number of rotatable bonds is 7. The van der Waals surface area contributed by atoms with Crippen LogP contribution in [0.25, 0.3) is 0 Å². The molecular formula is C20H25FN2O4. The van der Waals surface area contributed by atoms with E-state index in [1.807, 2.05) is 4.90 Å². The van der Waals surface area contributed by atoms with Gasteiger partial charge in [-0.3, -0.25) is 9.59 Å². The highest BCUT2D eigenvalue weighted by molar-refractivity contribution is 5.98. The van der Waals surface area contributed by atoms with E-state index in [0.29, 0.717) is 35.9 Å². The first kappa shape index (κ1) is 19.3. The zero-order valence-corrected chi connectivity index (χ0v) is 16.0. The highest BCUT2D eigenvalue weighted by atomic mass is 19.1. The number of hydrogen-bond acceptors (Lipinski definition) is 5. The predicted octanol–water partition coefficient (Wildman–Crippen LogP) is 3.55. The van der Waals surface area contributed by atoms with Gasteiger partial charge in [0, 0.05) is 31.3 Å². The molecule has 0 saturated heterocycles. The molecule has 1 fully saturated rings. The number of hydrogen-bond donors (Lipinski definition) is 0. The van der Waals surface area contributed by atoms with E-state index in [1.54, 1.807) is 26.8 Å². The zero-order chi connectivity index (χ0) is 19.6. The predicted molar refractivity (Wildman–Crippen MR) is 96.9 cm³/mol. The molecule has 1 amide bonds. The van der Waals surface area contributed by atoms with Gasteiger partial charge in [0.15, 0.2) is 0 Å². The second-order valence-corrected chi connectivity index (χ2v) is 7.99. The summed E-state index contributed by atoms with van der Waals surface area (Å²) in [5.41, 5.74) is 1.28. The van der Waals surface area contributed by atoms with E-state index in [2.05, 4.69) is 4.98 Å². The molecule has 2 aliphatic rings. The van der Waals surface area contributed by atoms with E-state index < -0.39 is 5.60 Å². The van der Waals surface area contributed by atoms with Crippen LogP contribution in [0.15, 0.2) is 24.2 Å². The molecule has 0 N–H and O–H groups in total. The molecule has 1 aliphatic carbocycles. The number of carbonyl (C=O) groups is 2. The van der Waals surface area contributed by atoms with Crippen molar-refractivity contribution in [2.45, 2.75) is 64.6 Å². The SMILES string of the molecule is CC(C)(C)OC(=O)CC/C(=C/F)COc1cc2c(cn1)C(=O)N(C1CC1)C2. The Kier molecular flexibility index (Phi) is 5.48. The summed E-state index contributed by atoms with van der Waals surface area (Å²) in [5.74, 6) is -0.0137. The second-order valence-electron chi connectivity index (χ2n) is 7.99. The fraction of sp³-hybridized carbons (Fsp3) is 0.550. The number of fused-ring (bicyclic) bond motifs is 1. The van der Waals surface area contributed by atoms with Crippen LogP contribution in [0.3, 0.4) is 0 Å². The van der Waals surface area contributed by atoms with Crippen LogP contribution in [0, 0.1) is 0 Å². The fourth-order valence-corrected chi connectivity index (χ4v) is 2.95. The first-order valence-electron chi connectivity index (χ1n) is 9.19. The Morgan fingerprint density at radius 2 is 2.11 bits per heavy atom. The summed E-state index contributed by atoms with van der Waals surface area (Å²) >= 11 is 0. The Bertz CT molecular complexity index is 766. The topological polar surface area (TPSA) is 68.7 Å². The van der Waals surface area contributed by atoms with Gasteiger partial charge in [0.1, 0.15) is 12.2 Å². The van der Waals surface area contributed by atoms with Gasteiger partial charge >= 0.3 is 5.97 Å². The second kappa shape index (κ2) is 7.66. The minimum absolute atomic E-state index is 0.00856. The highest BCUT2D eigenvalue weighted by Gasteiger charge is 2.38. The average Bonchev–Trinajstić information content (AvgIpc) is 3.38. The van der Waals surface area contributed by atoms with Crippen molar-refractivity contribution in [3.8, 4) is 5.88 Å². The maximum absolute atomic E-state index is 13.1. The van der Waals surface area contributed by atoms with Gasteiger partial charge in [-0.25, -0.2) is 9.37 Å². The number of esters is 1. The molecule has 0 unspecified atom stereocenters. The number of carbonyl (C=O) groups excluding carboxylic acids is 2. The standard InChI is InChI=1S/C20H25FN2O4/c1-20(2,3)27-18(24)7-4-13(9-21)12-26-17-8-14-11-23(15-5-6-15)19(25)16(14)10-22-17/h8-10,15H,4-7,11-12H2,1-3H3/b13-9-. The van der Waals surface area contributed by atoms with E-state index in [1.165, 1.54) is 6.20 Å². The Morgan fingerprint density at radius 1 is 1.37 bits per heavy atom. The van der Waals surface area contributed by atoms with Gasteiger partial charge < -0.3 is 14.4 Å². The maximum Gasteiger partial charge on any atom is 0.306 e. The number of ether oxygens (including phenoxy) is 2. The lowest BCUT2D eigenvalue weighted by atomic mass is 10.1. The first-order chi connectivity index (χ1) is 12.8. The largest absolute Gasteiger partial charge is 0.473 e. The molecule has 0 aromatic carbocycles. The normalized spacial score (nSPS) is 17.1. The number of aromatic nitrogens is 1. The summed E-state index contributed by atoms with van der Waals surface area (Å²) in [6.45, 7) is 5.92. The summed E-state index contributed by atoms with van der Waals surface area (Å²) in [6, 6.07) is 2.09. The summed E-state index contributed by atoms with van der Waals surface area (Å²) < 4.78 is 23.9. The maximum atomic E-state index is 13.1. The Labute approximate surface area is 158 Å².